The van der Waals surface area contributed by atoms with Crippen LogP contribution >= 0.6 is 0 Å². The Kier molecular flexibility index (Phi) is 18.6. The standard InChI is InChI=1S/C15H24.C8H16O/c1-6-14(4)10-8-12-15(5)11-7-9-13(2)3;1-3-5-6-7-8(9)4-2/h6,9,12H,1,4,7-8,10-11H2,2-3,5H3;3-7H2,1-2H3/b15-12+;. The van der Waals surface area contributed by atoms with Crippen LogP contribution in [0.2, 0.25) is 0 Å². The van der Waals surface area contributed by atoms with E-state index in [2.05, 4.69) is 53.0 Å². The number of rotatable bonds is 12. The summed E-state index contributed by atoms with van der Waals surface area (Å²) in [5.74, 6) is 0.406. The maximum Gasteiger partial charge on any atom is 0.132 e. The van der Waals surface area contributed by atoms with Gasteiger partial charge < -0.3 is 0 Å². The van der Waals surface area contributed by atoms with Crippen LogP contribution in [-0.2, 0) is 4.79 Å². The van der Waals surface area contributed by atoms with Crippen molar-refractivity contribution in [1.82, 2.24) is 0 Å². The summed E-state index contributed by atoms with van der Waals surface area (Å²) in [6, 6.07) is 0. The smallest absolute Gasteiger partial charge is 0.132 e. The van der Waals surface area contributed by atoms with Gasteiger partial charge in [-0.25, -0.2) is 0 Å². The predicted octanol–water partition coefficient (Wildman–Crippen LogP) is 7.75. The maximum atomic E-state index is 10.7. The molecule has 0 amide bonds. The Labute approximate surface area is 151 Å². The molecule has 0 spiro atoms. The summed E-state index contributed by atoms with van der Waals surface area (Å²) < 4.78 is 0. The Morgan fingerprint density at radius 2 is 1.54 bits per heavy atom. The fourth-order valence-electron chi connectivity index (χ4n) is 2.05. The monoisotopic (exact) mass is 332 g/mol. The molecule has 0 saturated carbocycles. The Balaban J connectivity index is 0. The van der Waals surface area contributed by atoms with E-state index in [1.54, 1.807) is 0 Å². The molecule has 0 atom stereocenters. The number of hydrogen-bond acceptors (Lipinski definition) is 1. The first kappa shape index (κ1) is 24.9. The van der Waals surface area contributed by atoms with E-state index in [4.69, 9.17) is 0 Å². The third-order valence-corrected chi connectivity index (χ3v) is 3.79. The van der Waals surface area contributed by atoms with Crippen molar-refractivity contribution < 1.29 is 4.79 Å². The molecule has 1 nitrogen and oxygen atoms in total. The fourth-order valence-corrected chi connectivity index (χ4v) is 2.05. The molecule has 0 rings (SSSR count). The van der Waals surface area contributed by atoms with Crippen LogP contribution in [0.25, 0.3) is 0 Å². The van der Waals surface area contributed by atoms with Gasteiger partial charge in [0.2, 0.25) is 0 Å². The van der Waals surface area contributed by atoms with Crippen LogP contribution in [0.5, 0.6) is 0 Å². The first-order valence-corrected chi connectivity index (χ1v) is 9.48. The first-order chi connectivity index (χ1) is 11.4. The van der Waals surface area contributed by atoms with Gasteiger partial charge in [0, 0.05) is 12.8 Å². The Morgan fingerprint density at radius 1 is 0.917 bits per heavy atom. The molecule has 0 heterocycles. The van der Waals surface area contributed by atoms with E-state index >= 15 is 0 Å². The van der Waals surface area contributed by atoms with E-state index in [9.17, 15) is 4.79 Å². The Hall–Kier alpha value is -1.37. The van der Waals surface area contributed by atoms with Crippen LogP contribution in [0.3, 0.4) is 0 Å². The molecule has 0 unspecified atom stereocenters. The number of hydrogen-bond donors (Lipinski definition) is 0. The fraction of sp³-hybridized carbons (Fsp3) is 0.609. The SMILES string of the molecule is C=CC(=C)CC/C=C(\C)CCC=C(C)C.CCCCCC(=O)CC. The quantitative estimate of drug-likeness (QED) is 0.203. The van der Waals surface area contributed by atoms with Gasteiger partial charge in [0.1, 0.15) is 5.78 Å². The zero-order valence-electron chi connectivity index (χ0n) is 16.9. The van der Waals surface area contributed by atoms with Crippen LogP contribution in [-0.4, -0.2) is 5.78 Å². The van der Waals surface area contributed by atoms with Crippen molar-refractivity contribution in [3.63, 3.8) is 0 Å². The molecule has 0 aromatic carbocycles. The second-order valence-electron chi connectivity index (χ2n) is 6.62. The van der Waals surface area contributed by atoms with Crippen molar-refractivity contribution in [2.24, 2.45) is 0 Å². The summed E-state index contributed by atoms with van der Waals surface area (Å²) in [5, 5.41) is 0. The third kappa shape index (κ3) is 20.6. The molecule has 0 aliphatic rings. The highest BCUT2D eigenvalue weighted by atomic mass is 16.1. The van der Waals surface area contributed by atoms with Crippen LogP contribution in [0.4, 0.5) is 0 Å². The number of unbranched alkanes of at least 4 members (excludes halogenated alkanes) is 2. The van der Waals surface area contributed by atoms with E-state index in [-0.39, 0.29) is 0 Å². The van der Waals surface area contributed by atoms with Gasteiger partial charge in [-0.1, -0.05) is 74.8 Å². The average Bonchev–Trinajstić information content (AvgIpc) is 2.55. The molecular weight excluding hydrogens is 292 g/mol. The normalized spacial score (nSPS) is 10.5. The van der Waals surface area contributed by atoms with Gasteiger partial charge in [0.25, 0.3) is 0 Å². The highest BCUT2D eigenvalue weighted by molar-refractivity contribution is 5.77. The summed E-state index contributed by atoms with van der Waals surface area (Å²) in [6.45, 7) is 18.2. The van der Waals surface area contributed by atoms with Crippen molar-refractivity contribution in [3.8, 4) is 0 Å². The summed E-state index contributed by atoms with van der Waals surface area (Å²) in [7, 11) is 0. The van der Waals surface area contributed by atoms with Crippen molar-refractivity contribution in [2.45, 2.75) is 92.4 Å². The lowest BCUT2D eigenvalue weighted by atomic mass is 10.1. The summed E-state index contributed by atoms with van der Waals surface area (Å²) in [6.07, 6.45) is 15.9. The number of Topliss-reactive ketones (excluding diaryl/α,β-unsaturated/α-hetero) is 1. The molecule has 1 heteroatoms. The minimum atomic E-state index is 0.406. The van der Waals surface area contributed by atoms with E-state index in [0.29, 0.717) is 12.2 Å². The minimum Gasteiger partial charge on any atom is -0.300 e. The van der Waals surface area contributed by atoms with Crippen LogP contribution in [0.15, 0.2) is 48.1 Å². The molecule has 0 radical (unpaired) electrons. The van der Waals surface area contributed by atoms with Gasteiger partial charge in [-0.05, 0) is 52.9 Å². The molecule has 0 aromatic rings. The molecule has 0 bridgehead atoms. The first-order valence-electron chi connectivity index (χ1n) is 9.48. The average molecular weight is 333 g/mol. The van der Waals surface area contributed by atoms with Crippen molar-refractivity contribution >= 4 is 5.78 Å². The molecule has 138 valence electrons. The van der Waals surface area contributed by atoms with E-state index in [0.717, 1.165) is 37.7 Å². The second-order valence-corrected chi connectivity index (χ2v) is 6.62. The lowest BCUT2D eigenvalue weighted by Gasteiger charge is -2.00. The zero-order valence-corrected chi connectivity index (χ0v) is 16.9. The van der Waals surface area contributed by atoms with Crippen LogP contribution in [0, 0.1) is 0 Å². The number of carbonyl (C=O) groups is 1. The van der Waals surface area contributed by atoms with Crippen molar-refractivity contribution in [3.05, 3.63) is 48.1 Å². The molecule has 0 saturated heterocycles. The minimum absolute atomic E-state index is 0.406. The number of allylic oxidation sites excluding steroid dienone is 6. The highest BCUT2D eigenvalue weighted by Gasteiger charge is 1.95. The topological polar surface area (TPSA) is 17.1 Å². The van der Waals surface area contributed by atoms with Gasteiger partial charge in [-0.2, -0.15) is 0 Å². The van der Waals surface area contributed by atoms with E-state index < -0.39 is 0 Å². The number of ketones is 1. The lowest BCUT2D eigenvalue weighted by molar-refractivity contribution is -0.118. The molecule has 0 N–H and O–H groups in total. The van der Waals surface area contributed by atoms with Crippen molar-refractivity contribution in [2.75, 3.05) is 0 Å². The largest absolute Gasteiger partial charge is 0.300 e. The lowest BCUT2D eigenvalue weighted by Crippen LogP contribution is -1.93. The van der Waals surface area contributed by atoms with Crippen LogP contribution < -0.4 is 0 Å². The van der Waals surface area contributed by atoms with E-state index in [1.165, 1.54) is 30.4 Å². The van der Waals surface area contributed by atoms with Crippen LogP contribution in [0.1, 0.15) is 92.4 Å². The van der Waals surface area contributed by atoms with Gasteiger partial charge in [-0.3, -0.25) is 4.79 Å². The van der Waals surface area contributed by atoms with Gasteiger partial charge in [0.05, 0.1) is 0 Å². The van der Waals surface area contributed by atoms with Gasteiger partial charge in [0.15, 0.2) is 0 Å². The molecule has 0 aliphatic carbocycles. The highest BCUT2D eigenvalue weighted by Crippen LogP contribution is 2.10. The van der Waals surface area contributed by atoms with E-state index in [1.807, 2.05) is 13.0 Å². The molecule has 24 heavy (non-hydrogen) atoms. The number of carbonyl (C=O) groups excluding carboxylic acids is 1. The Morgan fingerprint density at radius 3 is 2.04 bits per heavy atom. The third-order valence-electron chi connectivity index (χ3n) is 3.79. The predicted molar refractivity (Wildman–Crippen MR) is 110 cm³/mol. The maximum absolute atomic E-state index is 10.7. The summed E-state index contributed by atoms with van der Waals surface area (Å²) >= 11 is 0. The zero-order chi connectivity index (χ0) is 18.8. The molecule has 0 aromatic heterocycles. The van der Waals surface area contributed by atoms with Crippen molar-refractivity contribution in [1.29, 1.82) is 0 Å². The van der Waals surface area contributed by atoms with Gasteiger partial charge in [-0.15, -0.1) is 0 Å². The summed E-state index contributed by atoms with van der Waals surface area (Å²) in [5.41, 5.74) is 4.01. The molecular formula is C23H40O. The van der Waals surface area contributed by atoms with Gasteiger partial charge >= 0.3 is 0 Å². The molecule has 0 fully saturated rings. The second kappa shape index (κ2) is 18.0. The Bertz CT molecular complexity index is 406. The summed E-state index contributed by atoms with van der Waals surface area (Å²) in [4.78, 5) is 10.7. The molecule has 0 aliphatic heterocycles.